The van der Waals surface area contributed by atoms with Gasteiger partial charge in [-0.3, -0.25) is 0 Å². The third kappa shape index (κ3) is 2.58. The first kappa shape index (κ1) is 11.9. The van der Waals surface area contributed by atoms with Crippen LogP contribution in [0.5, 0.6) is 0 Å². The van der Waals surface area contributed by atoms with E-state index in [-0.39, 0.29) is 6.04 Å². The predicted molar refractivity (Wildman–Crippen MR) is 65.1 cm³/mol. The van der Waals surface area contributed by atoms with Crippen LogP contribution in [0.3, 0.4) is 0 Å². The summed E-state index contributed by atoms with van der Waals surface area (Å²) in [5.41, 5.74) is 5.98. The Hall–Kier alpha value is -0.550. The molecule has 4 nitrogen and oxygen atoms in total. The lowest BCUT2D eigenvalue weighted by Crippen LogP contribution is -2.17. The molecule has 0 radical (unpaired) electrons. The fraction of sp³-hybridized carbons (Fsp3) is 0.818. The van der Waals surface area contributed by atoms with E-state index in [0.717, 1.165) is 12.2 Å². The third-order valence-electron chi connectivity index (χ3n) is 2.93. The monoisotopic (exact) mass is 241 g/mol. The normalized spacial score (nSPS) is 23.6. The molecule has 2 atom stereocenters. The molecule has 0 bridgehead atoms. The molecule has 1 fully saturated rings. The smallest absolute Gasteiger partial charge is 0.243 e. The van der Waals surface area contributed by atoms with Gasteiger partial charge in [-0.05, 0) is 24.5 Å². The Morgan fingerprint density at radius 3 is 2.88 bits per heavy atom. The van der Waals surface area contributed by atoms with Crippen LogP contribution >= 0.6 is 11.8 Å². The van der Waals surface area contributed by atoms with Crippen molar-refractivity contribution in [1.82, 2.24) is 10.1 Å². The largest absolute Gasteiger partial charge is 0.338 e. The quantitative estimate of drug-likeness (QED) is 0.881. The van der Waals surface area contributed by atoms with Gasteiger partial charge in [0.25, 0.3) is 0 Å². The summed E-state index contributed by atoms with van der Waals surface area (Å²) in [6.45, 7) is 4.12. The topological polar surface area (TPSA) is 64.9 Å². The Morgan fingerprint density at radius 2 is 2.25 bits per heavy atom. The molecule has 0 aromatic carbocycles. The van der Waals surface area contributed by atoms with E-state index >= 15 is 0 Å². The first-order valence-electron chi connectivity index (χ1n) is 5.89. The zero-order chi connectivity index (χ0) is 11.5. The van der Waals surface area contributed by atoms with Crippen molar-refractivity contribution in [2.45, 2.75) is 44.4 Å². The summed E-state index contributed by atoms with van der Waals surface area (Å²) in [4.78, 5) is 4.43. The van der Waals surface area contributed by atoms with Gasteiger partial charge in [0.05, 0.1) is 11.3 Å². The Balaban J connectivity index is 2.06. The SMILES string of the molecule is CC(C)[C@@H](N)c1nc(C2CCCCS2)no1. The molecule has 2 N–H and O–H groups in total. The molecule has 1 saturated heterocycles. The minimum atomic E-state index is -0.144. The van der Waals surface area contributed by atoms with Crippen molar-refractivity contribution >= 4 is 11.8 Å². The van der Waals surface area contributed by atoms with Crippen LogP contribution in [0.4, 0.5) is 0 Å². The molecule has 2 heterocycles. The van der Waals surface area contributed by atoms with E-state index < -0.39 is 0 Å². The van der Waals surface area contributed by atoms with Crippen molar-refractivity contribution < 1.29 is 4.52 Å². The van der Waals surface area contributed by atoms with Gasteiger partial charge < -0.3 is 10.3 Å². The maximum absolute atomic E-state index is 5.98. The van der Waals surface area contributed by atoms with Crippen LogP contribution in [0.25, 0.3) is 0 Å². The molecule has 1 unspecified atom stereocenters. The van der Waals surface area contributed by atoms with E-state index in [1.54, 1.807) is 0 Å². The van der Waals surface area contributed by atoms with Gasteiger partial charge >= 0.3 is 0 Å². The molecule has 0 aliphatic carbocycles. The molecule has 90 valence electrons. The second-order valence-electron chi connectivity index (χ2n) is 4.62. The Bertz CT molecular complexity index is 334. The Kier molecular flexibility index (Phi) is 3.86. The van der Waals surface area contributed by atoms with E-state index in [2.05, 4.69) is 24.0 Å². The Labute approximate surface area is 100 Å². The maximum atomic E-state index is 5.98. The van der Waals surface area contributed by atoms with E-state index in [9.17, 15) is 0 Å². The van der Waals surface area contributed by atoms with Gasteiger partial charge in [0.2, 0.25) is 5.89 Å². The molecule has 5 heteroatoms. The lowest BCUT2D eigenvalue weighted by atomic mass is 10.1. The lowest BCUT2D eigenvalue weighted by Gasteiger charge is -2.17. The molecule has 1 aromatic rings. The molecule has 2 rings (SSSR count). The predicted octanol–water partition coefficient (Wildman–Crippen LogP) is 2.68. The molecule has 0 amide bonds. The molecule has 1 aliphatic rings. The molecule has 0 spiro atoms. The molecular formula is C11H19N3OS. The zero-order valence-electron chi connectivity index (χ0n) is 9.85. The van der Waals surface area contributed by atoms with Crippen LogP contribution in [0.1, 0.15) is 56.1 Å². The first-order valence-corrected chi connectivity index (χ1v) is 6.94. The van der Waals surface area contributed by atoms with Crippen molar-refractivity contribution in [3.05, 3.63) is 11.7 Å². The minimum absolute atomic E-state index is 0.144. The second-order valence-corrected chi connectivity index (χ2v) is 5.93. The number of hydrogen-bond donors (Lipinski definition) is 1. The first-order chi connectivity index (χ1) is 7.68. The summed E-state index contributed by atoms with van der Waals surface area (Å²) in [5, 5.41) is 4.46. The average Bonchev–Trinajstić information content (AvgIpc) is 2.78. The summed E-state index contributed by atoms with van der Waals surface area (Å²) in [6.07, 6.45) is 3.72. The summed E-state index contributed by atoms with van der Waals surface area (Å²) >= 11 is 1.92. The van der Waals surface area contributed by atoms with Gasteiger partial charge in [-0.1, -0.05) is 25.4 Å². The zero-order valence-corrected chi connectivity index (χ0v) is 10.7. The van der Waals surface area contributed by atoms with Crippen molar-refractivity contribution in [2.75, 3.05) is 5.75 Å². The van der Waals surface area contributed by atoms with Crippen LogP contribution in [-0.2, 0) is 0 Å². The van der Waals surface area contributed by atoms with E-state index in [0.29, 0.717) is 17.1 Å². The van der Waals surface area contributed by atoms with Crippen LogP contribution in [0.15, 0.2) is 4.52 Å². The number of rotatable bonds is 3. The van der Waals surface area contributed by atoms with E-state index in [1.807, 2.05) is 11.8 Å². The average molecular weight is 241 g/mol. The van der Waals surface area contributed by atoms with E-state index in [4.69, 9.17) is 10.3 Å². The van der Waals surface area contributed by atoms with Crippen LogP contribution in [-0.4, -0.2) is 15.9 Å². The van der Waals surface area contributed by atoms with Gasteiger partial charge in [-0.2, -0.15) is 16.7 Å². The van der Waals surface area contributed by atoms with Gasteiger partial charge in [-0.15, -0.1) is 0 Å². The molecule has 1 aliphatic heterocycles. The number of hydrogen-bond acceptors (Lipinski definition) is 5. The van der Waals surface area contributed by atoms with Crippen LogP contribution in [0, 0.1) is 5.92 Å². The molecule has 0 saturated carbocycles. The highest BCUT2D eigenvalue weighted by molar-refractivity contribution is 7.99. The van der Waals surface area contributed by atoms with Crippen molar-refractivity contribution in [3.8, 4) is 0 Å². The molecule has 16 heavy (non-hydrogen) atoms. The number of nitrogens with two attached hydrogens (primary N) is 1. The fourth-order valence-electron chi connectivity index (χ4n) is 1.74. The van der Waals surface area contributed by atoms with Crippen LogP contribution in [0.2, 0.25) is 0 Å². The van der Waals surface area contributed by atoms with E-state index in [1.165, 1.54) is 18.6 Å². The van der Waals surface area contributed by atoms with Crippen molar-refractivity contribution in [2.24, 2.45) is 11.7 Å². The summed E-state index contributed by atoms with van der Waals surface area (Å²) < 4.78 is 5.24. The standard InChI is InChI=1S/C11H19N3OS/c1-7(2)9(12)11-13-10(14-15-11)8-5-3-4-6-16-8/h7-9H,3-6,12H2,1-2H3/t8?,9-/m1/s1. The summed E-state index contributed by atoms with van der Waals surface area (Å²) in [7, 11) is 0. The van der Waals surface area contributed by atoms with Gasteiger partial charge in [0.15, 0.2) is 5.82 Å². The molecule has 1 aromatic heterocycles. The summed E-state index contributed by atoms with van der Waals surface area (Å²) in [6, 6.07) is -0.144. The van der Waals surface area contributed by atoms with Crippen molar-refractivity contribution in [1.29, 1.82) is 0 Å². The van der Waals surface area contributed by atoms with Crippen molar-refractivity contribution in [3.63, 3.8) is 0 Å². The third-order valence-corrected chi connectivity index (χ3v) is 4.30. The minimum Gasteiger partial charge on any atom is -0.338 e. The fourth-order valence-corrected chi connectivity index (χ4v) is 2.98. The Morgan fingerprint density at radius 1 is 1.44 bits per heavy atom. The van der Waals surface area contributed by atoms with Gasteiger partial charge in [0.1, 0.15) is 0 Å². The number of nitrogens with zero attached hydrogens (tertiary/aromatic N) is 2. The highest BCUT2D eigenvalue weighted by atomic mass is 32.2. The molecular weight excluding hydrogens is 222 g/mol. The lowest BCUT2D eigenvalue weighted by molar-refractivity contribution is 0.322. The number of thioether (sulfide) groups is 1. The maximum Gasteiger partial charge on any atom is 0.243 e. The highest BCUT2D eigenvalue weighted by Crippen LogP contribution is 2.37. The number of aromatic nitrogens is 2. The van der Waals surface area contributed by atoms with Gasteiger partial charge in [0, 0.05) is 0 Å². The summed E-state index contributed by atoms with van der Waals surface area (Å²) in [5.74, 6) is 2.93. The van der Waals surface area contributed by atoms with Gasteiger partial charge in [-0.25, -0.2) is 0 Å². The highest BCUT2D eigenvalue weighted by Gasteiger charge is 2.24. The van der Waals surface area contributed by atoms with Crippen LogP contribution < -0.4 is 5.73 Å². The second kappa shape index (κ2) is 5.19.